The number of carbonyl (C=O) groups is 1. The maximum Gasteiger partial charge on any atom is 0.272 e. The molecule has 1 aliphatic rings. The number of hydrogen-bond donors (Lipinski definition) is 1. The molecule has 7 heteroatoms. The first-order valence-corrected chi connectivity index (χ1v) is 8.20. The van der Waals surface area contributed by atoms with Crippen LogP contribution in [0.25, 0.3) is 0 Å². The predicted octanol–water partition coefficient (Wildman–Crippen LogP) is 2.52. The fraction of sp³-hybridized carbons (Fsp3) is 0.353. The Bertz CT molecular complexity index is 715. The minimum Gasteiger partial charge on any atom is -0.378 e. The van der Waals surface area contributed by atoms with Crippen molar-refractivity contribution in [3.63, 3.8) is 0 Å². The molecule has 2 aromatic rings. The summed E-state index contributed by atoms with van der Waals surface area (Å²) in [5.41, 5.74) is 1.49. The van der Waals surface area contributed by atoms with Gasteiger partial charge >= 0.3 is 0 Å². The third-order valence-corrected chi connectivity index (χ3v) is 3.99. The van der Waals surface area contributed by atoms with E-state index in [-0.39, 0.29) is 5.91 Å². The number of morpholine rings is 1. The Hall–Kier alpha value is -2.18. The van der Waals surface area contributed by atoms with E-state index in [9.17, 15) is 4.79 Å². The highest BCUT2D eigenvalue weighted by atomic mass is 35.5. The summed E-state index contributed by atoms with van der Waals surface area (Å²) in [4.78, 5) is 22.9. The van der Waals surface area contributed by atoms with Gasteiger partial charge < -0.3 is 15.0 Å². The Morgan fingerprint density at radius 1 is 1.25 bits per heavy atom. The molecule has 0 radical (unpaired) electrons. The molecular formula is C17H19ClN4O2. The van der Waals surface area contributed by atoms with Gasteiger partial charge in [0.15, 0.2) is 0 Å². The summed E-state index contributed by atoms with van der Waals surface area (Å²) in [6.07, 6.45) is 0. The van der Waals surface area contributed by atoms with Crippen LogP contribution in [0.1, 0.15) is 21.9 Å². The number of nitrogens with one attached hydrogen (secondary N) is 1. The third kappa shape index (κ3) is 4.21. The Balaban J connectivity index is 1.71. The second-order valence-electron chi connectivity index (χ2n) is 5.57. The smallest absolute Gasteiger partial charge is 0.272 e. The number of anilines is 1. The number of aromatic nitrogens is 2. The number of aryl methyl sites for hydroxylation is 1. The monoisotopic (exact) mass is 346 g/mol. The normalized spacial score (nSPS) is 14.5. The molecule has 1 amide bonds. The van der Waals surface area contributed by atoms with Crippen molar-refractivity contribution in [3.05, 3.63) is 52.4 Å². The van der Waals surface area contributed by atoms with E-state index in [1.165, 1.54) is 0 Å². The SMILES string of the molecule is Cc1nc(NCc2ccc(Cl)cc2)cc(C(=O)N2CCOCC2)n1. The van der Waals surface area contributed by atoms with E-state index in [0.717, 1.165) is 5.56 Å². The highest BCUT2D eigenvalue weighted by Gasteiger charge is 2.20. The first-order chi connectivity index (χ1) is 11.6. The van der Waals surface area contributed by atoms with Gasteiger partial charge in [-0.1, -0.05) is 23.7 Å². The lowest BCUT2D eigenvalue weighted by molar-refractivity contribution is 0.0299. The molecule has 1 aromatic heterocycles. The number of hydrogen-bond acceptors (Lipinski definition) is 5. The lowest BCUT2D eigenvalue weighted by Gasteiger charge is -2.26. The average molecular weight is 347 g/mol. The fourth-order valence-corrected chi connectivity index (χ4v) is 2.62. The number of ether oxygens (including phenoxy) is 1. The number of rotatable bonds is 4. The van der Waals surface area contributed by atoms with Crippen LogP contribution in [0.3, 0.4) is 0 Å². The average Bonchev–Trinajstić information content (AvgIpc) is 2.61. The van der Waals surface area contributed by atoms with Gasteiger partial charge in [-0.3, -0.25) is 4.79 Å². The van der Waals surface area contributed by atoms with Gasteiger partial charge in [-0.15, -0.1) is 0 Å². The summed E-state index contributed by atoms with van der Waals surface area (Å²) in [5.74, 6) is 1.11. The molecule has 126 valence electrons. The second-order valence-corrected chi connectivity index (χ2v) is 6.01. The Kier molecular flexibility index (Phi) is 5.27. The van der Waals surface area contributed by atoms with Crippen LogP contribution < -0.4 is 5.32 Å². The van der Waals surface area contributed by atoms with Crippen LogP contribution >= 0.6 is 11.6 Å². The van der Waals surface area contributed by atoms with E-state index in [1.807, 2.05) is 24.3 Å². The summed E-state index contributed by atoms with van der Waals surface area (Å²) < 4.78 is 5.28. The molecule has 1 N–H and O–H groups in total. The zero-order valence-electron chi connectivity index (χ0n) is 13.5. The summed E-state index contributed by atoms with van der Waals surface area (Å²) in [6, 6.07) is 9.28. The Morgan fingerprint density at radius 2 is 1.96 bits per heavy atom. The lowest BCUT2D eigenvalue weighted by Crippen LogP contribution is -2.41. The zero-order valence-corrected chi connectivity index (χ0v) is 14.2. The molecule has 3 rings (SSSR count). The number of nitrogens with zero attached hydrogens (tertiary/aromatic N) is 3. The molecule has 1 fully saturated rings. The summed E-state index contributed by atoms with van der Waals surface area (Å²) in [6.45, 7) is 4.70. The molecule has 1 aromatic carbocycles. The van der Waals surface area contributed by atoms with Gasteiger partial charge in [-0.05, 0) is 24.6 Å². The van der Waals surface area contributed by atoms with Crippen molar-refractivity contribution in [2.24, 2.45) is 0 Å². The van der Waals surface area contributed by atoms with Gasteiger partial charge in [0.1, 0.15) is 17.3 Å². The van der Waals surface area contributed by atoms with Crippen LogP contribution in [-0.2, 0) is 11.3 Å². The van der Waals surface area contributed by atoms with Crippen LogP contribution in [-0.4, -0.2) is 47.1 Å². The number of amides is 1. The Morgan fingerprint density at radius 3 is 2.67 bits per heavy atom. The van der Waals surface area contributed by atoms with Crippen molar-refractivity contribution in [2.45, 2.75) is 13.5 Å². The molecule has 0 aliphatic carbocycles. The molecule has 1 aliphatic heterocycles. The van der Waals surface area contributed by atoms with E-state index in [2.05, 4.69) is 15.3 Å². The van der Waals surface area contributed by atoms with Gasteiger partial charge in [-0.2, -0.15) is 0 Å². The van der Waals surface area contributed by atoms with E-state index < -0.39 is 0 Å². The molecule has 0 atom stereocenters. The topological polar surface area (TPSA) is 67.4 Å². The maximum atomic E-state index is 12.6. The zero-order chi connectivity index (χ0) is 16.9. The first-order valence-electron chi connectivity index (χ1n) is 7.83. The predicted molar refractivity (Wildman–Crippen MR) is 92.3 cm³/mol. The van der Waals surface area contributed by atoms with Crippen molar-refractivity contribution in [1.82, 2.24) is 14.9 Å². The summed E-state index contributed by atoms with van der Waals surface area (Å²) in [7, 11) is 0. The fourth-order valence-electron chi connectivity index (χ4n) is 2.49. The van der Waals surface area contributed by atoms with Crippen molar-refractivity contribution in [2.75, 3.05) is 31.6 Å². The number of halogens is 1. The van der Waals surface area contributed by atoms with Crippen LogP contribution in [0.4, 0.5) is 5.82 Å². The third-order valence-electron chi connectivity index (χ3n) is 3.74. The highest BCUT2D eigenvalue weighted by molar-refractivity contribution is 6.30. The van der Waals surface area contributed by atoms with Crippen molar-refractivity contribution in [3.8, 4) is 0 Å². The van der Waals surface area contributed by atoms with E-state index in [1.54, 1.807) is 17.9 Å². The standard InChI is InChI=1S/C17H19ClN4O2/c1-12-20-15(17(23)22-6-8-24-9-7-22)10-16(21-12)19-11-13-2-4-14(18)5-3-13/h2-5,10H,6-9,11H2,1H3,(H,19,20,21). The van der Waals surface area contributed by atoms with Crippen molar-refractivity contribution < 1.29 is 9.53 Å². The van der Waals surface area contributed by atoms with Gasteiger partial charge in [0.05, 0.1) is 13.2 Å². The van der Waals surface area contributed by atoms with Crippen LogP contribution in [0.15, 0.2) is 30.3 Å². The minimum absolute atomic E-state index is 0.0849. The van der Waals surface area contributed by atoms with E-state index in [0.29, 0.717) is 55.2 Å². The molecule has 6 nitrogen and oxygen atoms in total. The van der Waals surface area contributed by atoms with Gasteiger partial charge in [0.2, 0.25) is 0 Å². The summed E-state index contributed by atoms with van der Waals surface area (Å²) in [5, 5.41) is 3.93. The molecule has 0 unspecified atom stereocenters. The van der Waals surface area contributed by atoms with Gasteiger partial charge in [-0.25, -0.2) is 9.97 Å². The highest BCUT2D eigenvalue weighted by Crippen LogP contribution is 2.14. The van der Waals surface area contributed by atoms with Crippen molar-refractivity contribution in [1.29, 1.82) is 0 Å². The molecule has 0 bridgehead atoms. The van der Waals surface area contributed by atoms with Crippen molar-refractivity contribution >= 4 is 23.3 Å². The molecule has 24 heavy (non-hydrogen) atoms. The summed E-state index contributed by atoms with van der Waals surface area (Å²) >= 11 is 5.89. The van der Waals surface area contributed by atoms with Crippen LogP contribution in [0, 0.1) is 6.92 Å². The van der Waals surface area contributed by atoms with E-state index >= 15 is 0 Å². The maximum absolute atomic E-state index is 12.6. The van der Waals surface area contributed by atoms with Crippen LogP contribution in [0.5, 0.6) is 0 Å². The molecular weight excluding hydrogens is 328 g/mol. The molecule has 0 saturated carbocycles. The largest absolute Gasteiger partial charge is 0.378 e. The van der Waals surface area contributed by atoms with Crippen LogP contribution in [0.2, 0.25) is 5.02 Å². The second kappa shape index (κ2) is 7.59. The number of benzene rings is 1. The molecule has 2 heterocycles. The van der Waals surface area contributed by atoms with Gasteiger partial charge in [0.25, 0.3) is 5.91 Å². The van der Waals surface area contributed by atoms with E-state index in [4.69, 9.17) is 16.3 Å². The molecule has 0 spiro atoms. The first kappa shape index (κ1) is 16.7. The Labute approximate surface area is 145 Å². The lowest BCUT2D eigenvalue weighted by atomic mass is 10.2. The van der Waals surface area contributed by atoms with Gasteiger partial charge in [0, 0.05) is 30.7 Å². The number of carbonyl (C=O) groups excluding carboxylic acids is 1. The quantitative estimate of drug-likeness (QED) is 0.921. The minimum atomic E-state index is -0.0849. The molecule has 1 saturated heterocycles.